The summed E-state index contributed by atoms with van der Waals surface area (Å²) in [5.74, 6) is 0. The van der Waals surface area contributed by atoms with Crippen LogP contribution in [-0.4, -0.2) is 11.2 Å². The van der Waals surface area contributed by atoms with Gasteiger partial charge in [-0.1, -0.05) is 70.3 Å². The van der Waals surface area contributed by atoms with Crippen LogP contribution < -0.4 is 0 Å². The molecule has 1 heteroatoms. The lowest BCUT2D eigenvalue weighted by molar-refractivity contribution is 0.151. The third-order valence-electron chi connectivity index (χ3n) is 3.55. The minimum absolute atomic E-state index is 0.105. The van der Waals surface area contributed by atoms with Crippen molar-refractivity contribution in [3.63, 3.8) is 0 Å². The normalized spacial score (nSPS) is 12.6. The van der Waals surface area contributed by atoms with Gasteiger partial charge in [-0.15, -0.1) is 6.58 Å². The molecule has 1 nitrogen and oxygen atoms in total. The lowest BCUT2D eigenvalue weighted by atomic mass is 10.0. The number of rotatable bonds is 13. The van der Waals surface area contributed by atoms with E-state index in [4.69, 9.17) is 0 Å². The first-order chi connectivity index (χ1) is 8.66. The number of aliphatic hydroxyl groups excluding tert-OH is 1. The standard InChI is InChI=1S/C17H34O/c1-4-5-6-7-8-9-10-11-12-13-17(18)15-14-16(2)3/h17-18H,2,4-15H2,1,3H3. The van der Waals surface area contributed by atoms with E-state index in [9.17, 15) is 5.11 Å². The number of allylic oxidation sites excluding steroid dienone is 1. The van der Waals surface area contributed by atoms with Crippen LogP contribution in [0.1, 0.15) is 90.9 Å². The summed E-state index contributed by atoms with van der Waals surface area (Å²) >= 11 is 0. The summed E-state index contributed by atoms with van der Waals surface area (Å²) in [4.78, 5) is 0. The van der Waals surface area contributed by atoms with Gasteiger partial charge >= 0.3 is 0 Å². The maximum atomic E-state index is 9.76. The quantitative estimate of drug-likeness (QED) is 0.334. The predicted octanol–water partition coefficient (Wildman–Crippen LogP) is 5.62. The highest BCUT2D eigenvalue weighted by Gasteiger charge is 2.03. The van der Waals surface area contributed by atoms with Gasteiger partial charge in [0.2, 0.25) is 0 Å². The molecule has 1 unspecified atom stereocenters. The van der Waals surface area contributed by atoms with E-state index in [0.717, 1.165) is 19.3 Å². The first-order valence-electron chi connectivity index (χ1n) is 7.99. The molecule has 1 atom stereocenters. The van der Waals surface area contributed by atoms with Gasteiger partial charge in [0.25, 0.3) is 0 Å². The zero-order valence-electron chi connectivity index (χ0n) is 12.7. The molecule has 0 aromatic carbocycles. The van der Waals surface area contributed by atoms with Crippen LogP contribution in [0.5, 0.6) is 0 Å². The fraction of sp³-hybridized carbons (Fsp3) is 0.882. The summed E-state index contributed by atoms with van der Waals surface area (Å²) in [7, 11) is 0. The van der Waals surface area contributed by atoms with Crippen molar-refractivity contribution in [2.24, 2.45) is 0 Å². The second-order valence-corrected chi connectivity index (χ2v) is 5.77. The van der Waals surface area contributed by atoms with Crippen molar-refractivity contribution >= 4 is 0 Å². The molecule has 1 N–H and O–H groups in total. The van der Waals surface area contributed by atoms with E-state index >= 15 is 0 Å². The predicted molar refractivity (Wildman–Crippen MR) is 81.9 cm³/mol. The van der Waals surface area contributed by atoms with Crippen LogP contribution >= 0.6 is 0 Å². The van der Waals surface area contributed by atoms with Crippen molar-refractivity contribution in [1.29, 1.82) is 0 Å². The maximum absolute atomic E-state index is 9.76. The smallest absolute Gasteiger partial charge is 0.0543 e. The van der Waals surface area contributed by atoms with Gasteiger partial charge in [0.1, 0.15) is 0 Å². The van der Waals surface area contributed by atoms with Gasteiger partial charge in [-0.3, -0.25) is 0 Å². The Hall–Kier alpha value is -0.300. The third-order valence-corrected chi connectivity index (χ3v) is 3.55. The van der Waals surface area contributed by atoms with Crippen molar-refractivity contribution in [3.05, 3.63) is 12.2 Å². The van der Waals surface area contributed by atoms with E-state index in [0.29, 0.717) is 0 Å². The molecule has 0 saturated carbocycles. The van der Waals surface area contributed by atoms with E-state index in [1.54, 1.807) is 0 Å². The molecule has 0 aliphatic heterocycles. The van der Waals surface area contributed by atoms with Gasteiger partial charge in [0, 0.05) is 0 Å². The molecule has 0 aromatic rings. The second kappa shape index (κ2) is 13.1. The summed E-state index contributed by atoms with van der Waals surface area (Å²) in [6, 6.07) is 0. The zero-order chi connectivity index (χ0) is 13.6. The summed E-state index contributed by atoms with van der Waals surface area (Å²) in [5, 5.41) is 9.76. The highest BCUT2D eigenvalue weighted by Crippen LogP contribution is 2.14. The van der Waals surface area contributed by atoms with Crippen molar-refractivity contribution in [1.82, 2.24) is 0 Å². The Morgan fingerprint density at radius 2 is 1.39 bits per heavy atom. The van der Waals surface area contributed by atoms with Crippen LogP contribution in [-0.2, 0) is 0 Å². The van der Waals surface area contributed by atoms with Crippen LogP contribution in [0.15, 0.2) is 12.2 Å². The highest BCUT2D eigenvalue weighted by molar-refractivity contribution is 4.88. The highest BCUT2D eigenvalue weighted by atomic mass is 16.3. The van der Waals surface area contributed by atoms with Crippen LogP contribution in [0.25, 0.3) is 0 Å². The summed E-state index contributed by atoms with van der Waals surface area (Å²) in [6.45, 7) is 8.16. The van der Waals surface area contributed by atoms with Crippen molar-refractivity contribution < 1.29 is 5.11 Å². The van der Waals surface area contributed by atoms with Crippen LogP contribution in [0.4, 0.5) is 0 Å². The lowest BCUT2D eigenvalue weighted by Crippen LogP contribution is -2.06. The minimum atomic E-state index is -0.105. The van der Waals surface area contributed by atoms with Gasteiger partial charge < -0.3 is 5.11 Å². The van der Waals surface area contributed by atoms with Crippen molar-refractivity contribution in [2.45, 2.75) is 97.0 Å². The van der Waals surface area contributed by atoms with Gasteiger partial charge in [0.15, 0.2) is 0 Å². The molecule has 0 aromatic heterocycles. The third kappa shape index (κ3) is 13.8. The molecule has 0 rings (SSSR count). The van der Waals surface area contributed by atoms with Gasteiger partial charge in [-0.2, -0.15) is 0 Å². The van der Waals surface area contributed by atoms with E-state index in [2.05, 4.69) is 13.5 Å². The summed E-state index contributed by atoms with van der Waals surface area (Å²) in [5.41, 5.74) is 1.18. The van der Waals surface area contributed by atoms with E-state index in [1.165, 1.54) is 63.4 Å². The molecule has 0 aliphatic carbocycles. The molecular weight excluding hydrogens is 220 g/mol. The monoisotopic (exact) mass is 254 g/mol. The van der Waals surface area contributed by atoms with Crippen LogP contribution in [0.3, 0.4) is 0 Å². The molecule has 0 fully saturated rings. The number of hydrogen-bond acceptors (Lipinski definition) is 1. The molecule has 0 radical (unpaired) electrons. The van der Waals surface area contributed by atoms with Crippen LogP contribution in [0, 0.1) is 0 Å². The summed E-state index contributed by atoms with van der Waals surface area (Å²) < 4.78 is 0. The van der Waals surface area contributed by atoms with Gasteiger partial charge in [0.05, 0.1) is 6.10 Å². The van der Waals surface area contributed by atoms with Gasteiger partial charge in [-0.25, -0.2) is 0 Å². The fourth-order valence-electron chi connectivity index (χ4n) is 2.25. The average Bonchev–Trinajstić information content (AvgIpc) is 2.34. The molecular formula is C17H34O. The van der Waals surface area contributed by atoms with E-state index in [-0.39, 0.29) is 6.10 Å². The Kier molecular flexibility index (Phi) is 12.9. The van der Waals surface area contributed by atoms with Crippen molar-refractivity contribution in [3.8, 4) is 0 Å². The van der Waals surface area contributed by atoms with E-state index in [1.807, 2.05) is 6.92 Å². The summed E-state index contributed by atoms with van der Waals surface area (Å²) in [6.07, 6.45) is 14.9. The first-order valence-corrected chi connectivity index (χ1v) is 7.99. The molecule has 18 heavy (non-hydrogen) atoms. The Morgan fingerprint density at radius 3 is 1.89 bits per heavy atom. The fourth-order valence-corrected chi connectivity index (χ4v) is 2.25. The Labute approximate surface area is 115 Å². The Morgan fingerprint density at radius 1 is 0.889 bits per heavy atom. The Balaban J connectivity index is 3.12. The first kappa shape index (κ1) is 17.7. The SMILES string of the molecule is C=C(C)CCC(O)CCCCCCCCCCC. The minimum Gasteiger partial charge on any atom is -0.393 e. The molecule has 108 valence electrons. The molecule has 0 bridgehead atoms. The molecule has 0 aliphatic rings. The number of unbranched alkanes of at least 4 members (excludes halogenated alkanes) is 8. The Bertz CT molecular complexity index is 186. The molecule has 0 saturated heterocycles. The average molecular weight is 254 g/mol. The number of hydrogen-bond donors (Lipinski definition) is 1. The topological polar surface area (TPSA) is 20.2 Å². The second-order valence-electron chi connectivity index (χ2n) is 5.77. The maximum Gasteiger partial charge on any atom is 0.0543 e. The van der Waals surface area contributed by atoms with E-state index < -0.39 is 0 Å². The largest absolute Gasteiger partial charge is 0.393 e. The lowest BCUT2D eigenvalue weighted by Gasteiger charge is -2.10. The molecule has 0 spiro atoms. The van der Waals surface area contributed by atoms with Gasteiger partial charge in [-0.05, 0) is 26.2 Å². The number of aliphatic hydroxyl groups is 1. The van der Waals surface area contributed by atoms with Crippen molar-refractivity contribution in [2.75, 3.05) is 0 Å². The van der Waals surface area contributed by atoms with Crippen LogP contribution in [0.2, 0.25) is 0 Å². The molecule has 0 heterocycles. The molecule has 0 amide bonds. The zero-order valence-corrected chi connectivity index (χ0v) is 12.7.